The molecule has 1 aliphatic rings. The zero-order valence-corrected chi connectivity index (χ0v) is 14.7. The first-order chi connectivity index (χ1) is 13.3. The lowest BCUT2D eigenvalue weighted by Gasteiger charge is -2.15. The fourth-order valence-electron chi connectivity index (χ4n) is 2.71. The Hall–Kier alpha value is -2.91. The molecule has 0 aliphatic carbocycles. The molecule has 2 aromatic rings. The Morgan fingerprint density at radius 1 is 1.14 bits per heavy atom. The Morgan fingerprint density at radius 2 is 1.86 bits per heavy atom. The molecule has 148 valence electrons. The molecule has 1 aliphatic heterocycles. The summed E-state index contributed by atoms with van der Waals surface area (Å²) in [6.07, 6.45) is -2.95. The van der Waals surface area contributed by atoms with Crippen LogP contribution in [0.1, 0.15) is 11.3 Å². The molecule has 1 unspecified atom stereocenters. The summed E-state index contributed by atoms with van der Waals surface area (Å²) >= 11 is 0. The zero-order chi connectivity index (χ0) is 20.3. The summed E-state index contributed by atoms with van der Waals surface area (Å²) in [6.45, 7) is 0.253. The average Bonchev–Trinajstić information content (AvgIpc) is 3.24. The van der Waals surface area contributed by atoms with E-state index < -0.39 is 29.7 Å². The van der Waals surface area contributed by atoms with E-state index in [0.717, 1.165) is 29.2 Å². The van der Waals surface area contributed by atoms with E-state index in [1.54, 1.807) is 12.1 Å². The van der Waals surface area contributed by atoms with Gasteiger partial charge in [-0.1, -0.05) is 0 Å². The second kappa shape index (κ2) is 7.99. The van der Waals surface area contributed by atoms with Gasteiger partial charge in [-0.25, -0.2) is 4.90 Å². The van der Waals surface area contributed by atoms with Crippen LogP contribution in [0.2, 0.25) is 0 Å². The van der Waals surface area contributed by atoms with Gasteiger partial charge in [0.25, 0.3) is 11.8 Å². The van der Waals surface area contributed by atoms with Crippen molar-refractivity contribution in [2.75, 3.05) is 25.2 Å². The Bertz CT molecular complexity index is 872. The Kier molecular flexibility index (Phi) is 5.66. The number of rotatable bonds is 6. The maximum Gasteiger partial charge on any atom is 0.416 e. The van der Waals surface area contributed by atoms with Crippen molar-refractivity contribution < 1.29 is 36.7 Å². The monoisotopic (exact) mass is 395 g/mol. The maximum atomic E-state index is 12.8. The van der Waals surface area contributed by atoms with Gasteiger partial charge >= 0.3 is 6.18 Å². The first-order valence-corrected chi connectivity index (χ1v) is 8.24. The largest absolute Gasteiger partial charge is 0.465 e. The second-order valence-electron chi connectivity index (χ2n) is 5.88. The number of anilines is 1. The number of hydrogen-bond acceptors (Lipinski definition) is 5. The molecule has 1 aromatic carbocycles. The Morgan fingerprint density at radius 3 is 2.43 bits per heavy atom. The summed E-state index contributed by atoms with van der Waals surface area (Å²) in [5, 5.41) is 0. The van der Waals surface area contributed by atoms with Gasteiger partial charge in [0.2, 0.25) is 0 Å². The number of carbonyl (C=O) groups is 2. The number of alkyl halides is 3. The van der Waals surface area contributed by atoms with Crippen LogP contribution in [0.4, 0.5) is 18.9 Å². The van der Waals surface area contributed by atoms with Crippen LogP contribution in [0, 0.1) is 0 Å². The van der Waals surface area contributed by atoms with Crippen molar-refractivity contribution in [3.8, 4) is 0 Å². The normalized spacial score (nSPS) is 19.1. The molecular formula is C19H16F3NO5. The number of benzene rings is 1. The van der Waals surface area contributed by atoms with Crippen molar-refractivity contribution in [2.45, 2.75) is 12.3 Å². The number of carbonyl (C=O) groups excluding carboxylic acids is 2. The lowest BCUT2D eigenvalue weighted by molar-refractivity contribution is -0.137. The van der Waals surface area contributed by atoms with Gasteiger partial charge in [0.1, 0.15) is 5.76 Å². The van der Waals surface area contributed by atoms with Crippen molar-refractivity contribution in [1.29, 1.82) is 0 Å². The summed E-state index contributed by atoms with van der Waals surface area (Å²) in [5.74, 6) is -1.05. The quantitative estimate of drug-likeness (QED) is 0.427. The molecule has 28 heavy (non-hydrogen) atoms. The molecule has 3 rings (SSSR count). The molecule has 0 radical (unpaired) electrons. The first kappa shape index (κ1) is 19.8. The van der Waals surface area contributed by atoms with Crippen molar-refractivity contribution in [3.63, 3.8) is 0 Å². The number of imide groups is 1. The summed E-state index contributed by atoms with van der Waals surface area (Å²) in [6, 6.07) is 6.97. The fraction of sp³-hybridized carbons (Fsp3) is 0.263. The smallest absolute Gasteiger partial charge is 0.416 e. The lowest BCUT2D eigenvalue weighted by atomic mass is 10.1. The minimum atomic E-state index is -4.52. The molecule has 1 atom stereocenters. The van der Waals surface area contributed by atoms with Crippen LogP contribution in [0.15, 0.2) is 52.7 Å². The molecular weight excluding hydrogens is 379 g/mol. The first-order valence-electron chi connectivity index (χ1n) is 8.24. The van der Waals surface area contributed by atoms with Crippen LogP contribution >= 0.6 is 0 Å². The van der Waals surface area contributed by atoms with Crippen molar-refractivity contribution >= 4 is 23.6 Å². The molecule has 6 nitrogen and oxygen atoms in total. The Balaban J connectivity index is 1.93. The third-order valence-electron chi connectivity index (χ3n) is 4.04. The number of furan rings is 1. The average molecular weight is 395 g/mol. The molecule has 0 spiro atoms. The Labute approximate surface area is 158 Å². The van der Waals surface area contributed by atoms with Crippen LogP contribution in [0.25, 0.3) is 6.08 Å². The number of halogens is 3. The molecule has 1 saturated heterocycles. The van der Waals surface area contributed by atoms with Gasteiger partial charge in [-0.3, -0.25) is 9.59 Å². The van der Waals surface area contributed by atoms with Gasteiger partial charge in [-0.05, 0) is 42.5 Å². The summed E-state index contributed by atoms with van der Waals surface area (Å²) in [7, 11) is 1.46. The van der Waals surface area contributed by atoms with Gasteiger partial charge in [-0.2, -0.15) is 13.2 Å². The molecule has 2 heterocycles. The molecule has 1 fully saturated rings. The highest BCUT2D eigenvalue weighted by Gasteiger charge is 2.45. The van der Waals surface area contributed by atoms with E-state index in [1.165, 1.54) is 19.4 Å². The van der Waals surface area contributed by atoms with Gasteiger partial charge in [-0.15, -0.1) is 0 Å². The van der Waals surface area contributed by atoms with E-state index in [4.69, 9.17) is 13.9 Å². The zero-order valence-electron chi connectivity index (χ0n) is 14.7. The summed E-state index contributed by atoms with van der Waals surface area (Å²) in [5.41, 5.74) is -0.836. The van der Waals surface area contributed by atoms with Gasteiger partial charge in [0.15, 0.2) is 6.10 Å². The van der Waals surface area contributed by atoms with Gasteiger partial charge in [0, 0.05) is 7.11 Å². The van der Waals surface area contributed by atoms with Crippen LogP contribution in [0.3, 0.4) is 0 Å². The summed E-state index contributed by atoms with van der Waals surface area (Å²) in [4.78, 5) is 26.4. The number of hydrogen-bond donors (Lipinski definition) is 0. The van der Waals surface area contributed by atoms with Crippen LogP contribution in [0.5, 0.6) is 0 Å². The molecule has 1 aromatic heterocycles. The van der Waals surface area contributed by atoms with E-state index in [9.17, 15) is 22.8 Å². The van der Waals surface area contributed by atoms with Gasteiger partial charge in [0.05, 0.1) is 36.3 Å². The van der Waals surface area contributed by atoms with Crippen LogP contribution < -0.4 is 4.90 Å². The van der Waals surface area contributed by atoms with Crippen molar-refractivity contribution in [3.05, 3.63) is 59.6 Å². The number of nitrogens with zero attached hydrogens (tertiary/aromatic N) is 1. The summed E-state index contributed by atoms with van der Waals surface area (Å²) < 4.78 is 53.8. The second-order valence-corrected chi connectivity index (χ2v) is 5.88. The standard InChI is InChI=1S/C19H16F3NO5/c1-26-9-10-28-16-15(11-14-3-2-8-27-14)17(24)23(18(16)25)13-6-4-12(5-7-13)19(20,21)22/h2-8,11,16H,9-10H2,1H3/b15-11+. The van der Waals surface area contributed by atoms with Crippen LogP contribution in [-0.4, -0.2) is 38.2 Å². The minimum Gasteiger partial charge on any atom is -0.465 e. The van der Waals surface area contributed by atoms with E-state index in [2.05, 4.69) is 0 Å². The molecule has 0 N–H and O–H groups in total. The van der Waals surface area contributed by atoms with Crippen molar-refractivity contribution in [1.82, 2.24) is 0 Å². The lowest BCUT2D eigenvalue weighted by Crippen LogP contribution is -2.33. The SMILES string of the molecule is COCCOC1C(=O)N(c2ccc(C(F)(F)F)cc2)C(=O)/C1=C/c1ccco1. The number of methoxy groups -OCH3 is 1. The number of ether oxygens (including phenoxy) is 2. The highest BCUT2D eigenvalue weighted by molar-refractivity contribution is 6.31. The molecule has 0 bridgehead atoms. The highest BCUT2D eigenvalue weighted by Crippen LogP contribution is 2.33. The predicted octanol–water partition coefficient (Wildman–Crippen LogP) is 3.29. The number of amides is 2. The van der Waals surface area contributed by atoms with E-state index in [1.807, 2.05) is 0 Å². The van der Waals surface area contributed by atoms with E-state index in [-0.39, 0.29) is 24.5 Å². The highest BCUT2D eigenvalue weighted by atomic mass is 19.4. The fourth-order valence-corrected chi connectivity index (χ4v) is 2.71. The van der Waals surface area contributed by atoms with E-state index in [0.29, 0.717) is 5.76 Å². The predicted molar refractivity (Wildman–Crippen MR) is 92.2 cm³/mol. The molecule has 0 saturated carbocycles. The van der Waals surface area contributed by atoms with Gasteiger partial charge < -0.3 is 13.9 Å². The molecule has 9 heteroatoms. The maximum absolute atomic E-state index is 12.8. The third-order valence-corrected chi connectivity index (χ3v) is 4.04. The topological polar surface area (TPSA) is 69.0 Å². The van der Waals surface area contributed by atoms with Crippen molar-refractivity contribution in [2.24, 2.45) is 0 Å². The van der Waals surface area contributed by atoms with Crippen LogP contribution in [-0.2, 0) is 25.2 Å². The van der Waals surface area contributed by atoms with E-state index >= 15 is 0 Å². The molecule has 2 amide bonds. The third kappa shape index (κ3) is 4.00. The minimum absolute atomic E-state index is 0.0196.